The summed E-state index contributed by atoms with van der Waals surface area (Å²) in [5.41, 5.74) is 5.00. The number of H-pyrrole nitrogens is 1. The van der Waals surface area contributed by atoms with Gasteiger partial charge in [-0.3, -0.25) is 5.10 Å². The fourth-order valence-electron chi connectivity index (χ4n) is 5.47. The first kappa shape index (κ1) is 22.0. The van der Waals surface area contributed by atoms with Gasteiger partial charge in [0.15, 0.2) is 0 Å². The third kappa shape index (κ3) is 4.08. The molecule has 34 heavy (non-hydrogen) atoms. The van der Waals surface area contributed by atoms with Gasteiger partial charge in [-0.25, -0.2) is 4.79 Å². The first-order chi connectivity index (χ1) is 16.5. The summed E-state index contributed by atoms with van der Waals surface area (Å²) in [6, 6.07) is 13.6. The highest BCUT2D eigenvalue weighted by molar-refractivity contribution is 6.39. The second-order valence-electron chi connectivity index (χ2n) is 9.65. The molecular weight excluding hydrogens is 473 g/mol. The standard InChI is InChI=1S/C26H25Cl2N3O3/c27-21-8-16(14-1-2-14)9-22(28)25(21)23-10-18(29-30-23)13-34-24-11-20-7-17(24)12-31(20)19-5-3-15(4-6-19)26(32)33/h3-6,8-10,14,17,20,24H,1-2,7,11-13H2,(H,29,30)(H,32,33)/t17-,20-,24+/m0/s1. The maximum absolute atomic E-state index is 11.1. The van der Waals surface area contributed by atoms with Gasteiger partial charge in [0, 0.05) is 29.8 Å². The molecule has 2 aromatic carbocycles. The average molecular weight is 498 g/mol. The van der Waals surface area contributed by atoms with Gasteiger partial charge in [0.1, 0.15) is 0 Å². The topological polar surface area (TPSA) is 78.4 Å². The molecule has 2 heterocycles. The molecule has 2 aliphatic carbocycles. The Morgan fingerprint density at radius 3 is 2.47 bits per heavy atom. The smallest absolute Gasteiger partial charge is 0.335 e. The maximum Gasteiger partial charge on any atom is 0.335 e. The number of nitrogens with zero attached hydrogens (tertiary/aromatic N) is 2. The zero-order valence-corrected chi connectivity index (χ0v) is 20.0. The first-order valence-corrected chi connectivity index (χ1v) is 12.5. The minimum atomic E-state index is -0.898. The number of aromatic amines is 1. The lowest BCUT2D eigenvalue weighted by molar-refractivity contribution is 0.0111. The Hall–Kier alpha value is -2.54. The molecule has 6 rings (SSSR count). The van der Waals surface area contributed by atoms with Crippen LogP contribution in [-0.4, -0.2) is 40.0 Å². The van der Waals surface area contributed by atoms with Gasteiger partial charge in [-0.05, 0) is 79.6 Å². The summed E-state index contributed by atoms with van der Waals surface area (Å²) in [7, 11) is 0. The predicted molar refractivity (Wildman–Crippen MR) is 132 cm³/mol. The van der Waals surface area contributed by atoms with Gasteiger partial charge in [0.2, 0.25) is 0 Å². The first-order valence-electron chi connectivity index (χ1n) is 11.7. The van der Waals surface area contributed by atoms with E-state index in [0.717, 1.165) is 42.0 Å². The fraction of sp³-hybridized carbons (Fsp3) is 0.385. The van der Waals surface area contributed by atoms with E-state index in [0.29, 0.717) is 40.1 Å². The van der Waals surface area contributed by atoms with Crippen LogP contribution in [0.2, 0.25) is 10.0 Å². The van der Waals surface area contributed by atoms with E-state index >= 15 is 0 Å². The van der Waals surface area contributed by atoms with E-state index < -0.39 is 5.97 Å². The number of halogens is 2. The van der Waals surface area contributed by atoms with E-state index in [1.165, 1.54) is 18.4 Å². The Morgan fingerprint density at radius 1 is 1.12 bits per heavy atom. The van der Waals surface area contributed by atoms with Crippen molar-refractivity contribution in [2.75, 3.05) is 11.4 Å². The lowest BCUT2D eigenvalue weighted by Gasteiger charge is -2.33. The van der Waals surface area contributed by atoms with Crippen molar-refractivity contribution in [3.8, 4) is 11.3 Å². The van der Waals surface area contributed by atoms with Crippen LogP contribution < -0.4 is 4.90 Å². The van der Waals surface area contributed by atoms with Crippen LogP contribution in [0.15, 0.2) is 42.5 Å². The number of carbonyl (C=O) groups is 1. The summed E-state index contributed by atoms with van der Waals surface area (Å²) in [5.74, 6) is 0.157. The number of ether oxygens (including phenoxy) is 1. The molecule has 3 atom stereocenters. The molecule has 1 saturated heterocycles. The van der Waals surface area contributed by atoms with E-state index in [1.807, 2.05) is 30.3 Å². The lowest BCUT2D eigenvalue weighted by Crippen LogP contribution is -2.38. The summed E-state index contributed by atoms with van der Waals surface area (Å²) < 4.78 is 6.28. The highest BCUT2D eigenvalue weighted by Gasteiger charge is 2.45. The van der Waals surface area contributed by atoms with Crippen LogP contribution in [0.5, 0.6) is 0 Å². The molecule has 3 aromatic rings. The van der Waals surface area contributed by atoms with Gasteiger partial charge in [-0.2, -0.15) is 5.10 Å². The monoisotopic (exact) mass is 497 g/mol. The van der Waals surface area contributed by atoms with Crippen LogP contribution in [0.25, 0.3) is 11.3 Å². The van der Waals surface area contributed by atoms with Gasteiger partial charge in [0.05, 0.1) is 39.7 Å². The summed E-state index contributed by atoms with van der Waals surface area (Å²) in [4.78, 5) is 13.5. The van der Waals surface area contributed by atoms with E-state index in [-0.39, 0.29) is 6.10 Å². The molecule has 1 aliphatic heterocycles. The molecule has 0 spiro atoms. The number of hydrogen-bond acceptors (Lipinski definition) is 4. The van der Waals surface area contributed by atoms with Crippen LogP contribution in [-0.2, 0) is 11.3 Å². The number of benzene rings is 2. The molecule has 6 nitrogen and oxygen atoms in total. The quantitative estimate of drug-likeness (QED) is 0.409. The van der Waals surface area contributed by atoms with Crippen LogP contribution in [0.3, 0.4) is 0 Å². The van der Waals surface area contributed by atoms with E-state index in [4.69, 9.17) is 33.0 Å². The average Bonchev–Trinajstić information content (AvgIpc) is 3.25. The number of hydrogen-bond donors (Lipinski definition) is 2. The third-order valence-electron chi connectivity index (χ3n) is 7.38. The SMILES string of the molecule is O=C(O)c1ccc(N2C[C@@H]3C[C@H]2C[C@H]3OCc2cc(-c3c(Cl)cc(C4CC4)cc3Cl)n[nH]2)cc1. The largest absolute Gasteiger partial charge is 0.478 e. The minimum Gasteiger partial charge on any atom is -0.478 e. The van der Waals surface area contributed by atoms with Crippen molar-refractivity contribution in [2.24, 2.45) is 5.92 Å². The van der Waals surface area contributed by atoms with Crippen LogP contribution >= 0.6 is 23.2 Å². The summed E-state index contributed by atoms with van der Waals surface area (Å²) in [5, 5.41) is 17.9. The zero-order valence-electron chi connectivity index (χ0n) is 18.5. The van der Waals surface area contributed by atoms with Crippen molar-refractivity contribution in [2.45, 2.75) is 50.4 Å². The molecule has 8 heteroatoms. The van der Waals surface area contributed by atoms with Crippen LogP contribution in [0, 0.1) is 5.92 Å². The van der Waals surface area contributed by atoms with Gasteiger partial charge in [-0.15, -0.1) is 0 Å². The molecule has 3 fully saturated rings. The van der Waals surface area contributed by atoms with E-state index in [1.54, 1.807) is 12.1 Å². The van der Waals surface area contributed by atoms with Crippen LogP contribution in [0.1, 0.15) is 53.2 Å². The van der Waals surface area contributed by atoms with Crippen molar-refractivity contribution >= 4 is 34.9 Å². The third-order valence-corrected chi connectivity index (χ3v) is 7.97. The predicted octanol–water partition coefficient (Wildman–Crippen LogP) is 6.14. The maximum atomic E-state index is 11.1. The van der Waals surface area contributed by atoms with Gasteiger partial charge in [0.25, 0.3) is 0 Å². The number of piperidine rings is 1. The van der Waals surface area contributed by atoms with Crippen molar-refractivity contribution in [1.82, 2.24) is 10.2 Å². The van der Waals surface area contributed by atoms with E-state index in [9.17, 15) is 4.79 Å². The number of nitrogens with one attached hydrogen (secondary N) is 1. The molecule has 2 N–H and O–H groups in total. The minimum absolute atomic E-state index is 0.205. The fourth-order valence-corrected chi connectivity index (χ4v) is 6.17. The molecule has 0 radical (unpaired) electrons. The summed E-state index contributed by atoms with van der Waals surface area (Å²) >= 11 is 13.1. The Bertz CT molecular complexity index is 1220. The summed E-state index contributed by atoms with van der Waals surface area (Å²) in [6.07, 6.45) is 4.67. The number of carboxylic acid groups (broad SMARTS) is 1. The van der Waals surface area contributed by atoms with Gasteiger partial charge in [-0.1, -0.05) is 23.2 Å². The zero-order chi connectivity index (χ0) is 23.4. The molecule has 2 saturated carbocycles. The molecule has 0 unspecified atom stereocenters. The van der Waals surface area contributed by atoms with Crippen LogP contribution in [0.4, 0.5) is 5.69 Å². The van der Waals surface area contributed by atoms with Gasteiger partial charge >= 0.3 is 5.97 Å². The highest BCUT2D eigenvalue weighted by Crippen LogP contribution is 2.45. The number of aromatic nitrogens is 2. The Morgan fingerprint density at radius 2 is 1.85 bits per heavy atom. The summed E-state index contributed by atoms with van der Waals surface area (Å²) in [6.45, 7) is 1.39. The second-order valence-corrected chi connectivity index (χ2v) is 10.5. The number of carboxylic acids is 1. The van der Waals surface area contributed by atoms with Crippen molar-refractivity contribution in [3.63, 3.8) is 0 Å². The Balaban J connectivity index is 1.08. The van der Waals surface area contributed by atoms with Gasteiger partial charge < -0.3 is 14.7 Å². The van der Waals surface area contributed by atoms with Crippen molar-refractivity contribution in [1.29, 1.82) is 0 Å². The van der Waals surface area contributed by atoms with Crippen molar-refractivity contribution < 1.29 is 14.6 Å². The van der Waals surface area contributed by atoms with Crippen molar-refractivity contribution in [3.05, 3.63) is 69.3 Å². The lowest BCUT2D eigenvalue weighted by atomic mass is 10.0. The normalized spacial score (nSPS) is 23.6. The Labute approximate surface area is 207 Å². The molecular formula is C26H25Cl2N3O3. The number of anilines is 1. The Kier molecular flexibility index (Phi) is 5.55. The molecule has 1 aromatic heterocycles. The number of aromatic carboxylic acids is 1. The number of fused-ring (bicyclic) bond motifs is 2. The molecule has 2 bridgehead atoms. The number of rotatable bonds is 7. The molecule has 0 amide bonds. The second kappa shape index (κ2) is 8.59. The highest BCUT2D eigenvalue weighted by atomic mass is 35.5. The van der Waals surface area contributed by atoms with E-state index in [2.05, 4.69) is 15.1 Å². The molecule has 176 valence electrons. The molecule has 3 aliphatic rings.